The topological polar surface area (TPSA) is 93.1 Å². The zero-order valence-corrected chi connectivity index (χ0v) is 16.9. The molecule has 0 bridgehead atoms. The van der Waals surface area contributed by atoms with Gasteiger partial charge < -0.3 is 5.32 Å². The van der Waals surface area contributed by atoms with Crippen molar-refractivity contribution in [2.45, 2.75) is 13.3 Å². The van der Waals surface area contributed by atoms with Crippen molar-refractivity contribution in [3.8, 4) is 5.69 Å². The van der Waals surface area contributed by atoms with Crippen molar-refractivity contribution in [1.82, 2.24) is 9.78 Å². The first-order chi connectivity index (χ1) is 13.3. The third-order valence-electron chi connectivity index (χ3n) is 3.92. The summed E-state index contributed by atoms with van der Waals surface area (Å²) in [5, 5.41) is 7.69. The van der Waals surface area contributed by atoms with Gasteiger partial charge in [0.2, 0.25) is 10.0 Å². The fraction of sp³-hybridized carbons (Fsp3) is 0.158. The number of amides is 1. The van der Waals surface area contributed by atoms with Crippen LogP contribution in [-0.4, -0.2) is 30.4 Å². The Morgan fingerprint density at radius 3 is 2.54 bits per heavy atom. The van der Waals surface area contributed by atoms with Crippen LogP contribution in [0.15, 0.2) is 54.7 Å². The average Bonchev–Trinajstić information content (AvgIpc) is 3.04. The molecule has 28 heavy (non-hydrogen) atoms. The van der Waals surface area contributed by atoms with E-state index in [9.17, 15) is 13.2 Å². The quantitative estimate of drug-likeness (QED) is 0.638. The lowest BCUT2D eigenvalue weighted by atomic mass is 10.1. The van der Waals surface area contributed by atoms with Crippen LogP contribution in [0.4, 0.5) is 11.4 Å². The number of carbonyl (C=O) groups is 1. The molecule has 0 atom stereocenters. The zero-order chi connectivity index (χ0) is 20.3. The van der Waals surface area contributed by atoms with Gasteiger partial charge in [-0.1, -0.05) is 30.7 Å². The van der Waals surface area contributed by atoms with E-state index >= 15 is 0 Å². The summed E-state index contributed by atoms with van der Waals surface area (Å²) in [6.45, 7) is 1.94. The maximum atomic E-state index is 12.8. The molecule has 7 nitrogen and oxygen atoms in total. The minimum absolute atomic E-state index is 0.332. The molecule has 2 aromatic carbocycles. The smallest absolute Gasteiger partial charge is 0.259 e. The summed E-state index contributed by atoms with van der Waals surface area (Å²) in [6, 6.07) is 13.7. The molecular formula is C19H19ClN4O3S. The fourth-order valence-corrected chi connectivity index (χ4v) is 3.55. The first kappa shape index (κ1) is 19.9. The van der Waals surface area contributed by atoms with E-state index in [4.69, 9.17) is 11.6 Å². The molecule has 0 aliphatic carbocycles. The lowest BCUT2D eigenvalue weighted by Crippen LogP contribution is -2.15. The van der Waals surface area contributed by atoms with Crippen LogP contribution in [0.1, 0.15) is 23.0 Å². The molecule has 1 heterocycles. The molecule has 0 spiro atoms. The molecule has 146 valence electrons. The summed E-state index contributed by atoms with van der Waals surface area (Å²) in [7, 11) is -3.40. The molecule has 0 radical (unpaired) electrons. The van der Waals surface area contributed by atoms with Gasteiger partial charge in [-0.2, -0.15) is 5.10 Å². The largest absolute Gasteiger partial charge is 0.322 e. The summed E-state index contributed by atoms with van der Waals surface area (Å²) in [4.78, 5) is 12.8. The third kappa shape index (κ3) is 4.71. The molecule has 2 N–H and O–H groups in total. The van der Waals surface area contributed by atoms with Gasteiger partial charge in [0.1, 0.15) is 0 Å². The molecule has 0 fully saturated rings. The summed E-state index contributed by atoms with van der Waals surface area (Å²) in [5.41, 5.74) is 2.78. The molecule has 3 rings (SSSR count). The lowest BCUT2D eigenvalue weighted by Gasteiger charge is -2.10. The fourth-order valence-electron chi connectivity index (χ4n) is 2.81. The Balaban J connectivity index is 1.87. The number of carbonyl (C=O) groups excluding carboxylic acids is 1. The van der Waals surface area contributed by atoms with Gasteiger partial charge in [-0.3, -0.25) is 9.52 Å². The van der Waals surface area contributed by atoms with E-state index in [0.717, 1.165) is 17.6 Å². The molecule has 0 saturated carbocycles. The number of sulfonamides is 1. The van der Waals surface area contributed by atoms with Crippen LogP contribution >= 0.6 is 11.6 Å². The van der Waals surface area contributed by atoms with Crippen molar-refractivity contribution in [2.24, 2.45) is 0 Å². The van der Waals surface area contributed by atoms with Crippen LogP contribution in [0, 0.1) is 0 Å². The maximum absolute atomic E-state index is 12.8. The highest BCUT2D eigenvalue weighted by atomic mass is 35.5. The summed E-state index contributed by atoms with van der Waals surface area (Å²) in [5.74, 6) is -0.332. The van der Waals surface area contributed by atoms with E-state index < -0.39 is 10.0 Å². The highest BCUT2D eigenvalue weighted by Gasteiger charge is 2.17. The van der Waals surface area contributed by atoms with Crippen LogP contribution in [0.2, 0.25) is 5.02 Å². The molecule has 3 aromatic rings. The number of nitrogens with zero attached hydrogens (tertiary/aromatic N) is 2. The Kier molecular flexibility index (Phi) is 5.71. The van der Waals surface area contributed by atoms with Crippen LogP contribution in [0.5, 0.6) is 0 Å². The molecule has 0 aliphatic rings. The minimum Gasteiger partial charge on any atom is -0.322 e. The predicted octanol–water partition coefficient (Wildman–Crippen LogP) is 3.71. The molecule has 0 saturated heterocycles. The standard InChI is InChI=1S/C19H19ClN4O3S/c1-3-18-17(12-21-24(18)16-9-4-6-13(20)10-16)19(25)22-14-7-5-8-15(11-14)23-28(2,26)27/h4-12,23H,3H2,1-2H3,(H,22,25). The van der Waals surface area contributed by atoms with Gasteiger partial charge in [0.05, 0.1) is 35.1 Å². The van der Waals surface area contributed by atoms with Gasteiger partial charge in [0.25, 0.3) is 5.91 Å². The zero-order valence-electron chi connectivity index (χ0n) is 15.3. The van der Waals surface area contributed by atoms with Gasteiger partial charge in [-0.15, -0.1) is 0 Å². The Labute approximate surface area is 168 Å². The van der Waals surface area contributed by atoms with Crippen molar-refractivity contribution in [3.63, 3.8) is 0 Å². The van der Waals surface area contributed by atoms with Crippen LogP contribution in [0.25, 0.3) is 5.69 Å². The van der Waals surface area contributed by atoms with Crippen LogP contribution in [0.3, 0.4) is 0 Å². The van der Waals surface area contributed by atoms with Crippen LogP contribution in [-0.2, 0) is 16.4 Å². The summed E-state index contributed by atoms with van der Waals surface area (Å²) in [6.07, 6.45) is 3.16. The van der Waals surface area contributed by atoms with Crippen molar-refractivity contribution in [2.75, 3.05) is 16.3 Å². The number of benzene rings is 2. The van der Waals surface area contributed by atoms with Gasteiger partial charge in [-0.25, -0.2) is 13.1 Å². The first-order valence-corrected chi connectivity index (χ1v) is 10.8. The minimum atomic E-state index is -3.40. The maximum Gasteiger partial charge on any atom is 0.259 e. The normalized spacial score (nSPS) is 11.2. The van der Waals surface area contributed by atoms with E-state index in [2.05, 4.69) is 15.1 Å². The average molecular weight is 419 g/mol. The molecule has 9 heteroatoms. The van der Waals surface area contributed by atoms with E-state index in [1.807, 2.05) is 19.1 Å². The Morgan fingerprint density at radius 2 is 1.86 bits per heavy atom. The Hall–Kier alpha value is -2.84. The lowest BCUT2D eigenvalue weighted by molar-refractivity contribution is 0.102. The number of aromatic nitrogens is 2. The monoisotopic (exact) mass is 418 g/mol. The van der Waals surface area contributed by atoms with E-state index in [1.165, 1.54) is 6.20 Å². The predicted molar refractivity (Wildman–Crippen MR) is 111 cm³/mol. The third-order valence-corrected chi connectivity index (χ3v) is 4.77. The second kappa shape index (κ2) is 8.04. The number of anilines is 2. The molecule has 0 unspecified atom stereocenters. The number of nitrogens with one attached hydrogen (secondary N) is 2. The van der Waals surface area contributed by atoms with Crippen LogP contribution < -0.4 is 10.0 Å². The Morgan fingerprint density at radius 1 is 1.14 bits per heavy atom. The van der Waals surface area contributed by atoms with Gasteiger partial charge in [0.15, 0.2) is 0 Å². The number of rotatable bonds is 6. The molecule has 0 aliphatic heterocycles. The number of hydrogen-bond acceptors (Lipinski definition) is 4. The molecule has 1 aromatic heterocycles. The highest BCUT2D eigenvalue weighted by molar-refractivity contribution is 7.92. The van der Waals surface area contributed by atoms with Gasteiger partial charge >= 0.3 is 0 Å². The SMILES string of the molecule is CCc1c(C(=O)Nc2cccc(NS(C)(=O)=O)c2)cnn1-c1cccc(Cl)c1. The first-order valence-electron chi connectivity index (χ1n) is 8.49. The van der Waals surface area contributed by atoms with Crippen molar-refractivity contribution in [1.29, 1.82) is 0 Å². The second-order valence-electron chi connectivity index (χ2n) is 6.16. The van der Waals surface area contributed by atoms with E-state index in [1.54, 1.807) is 41.1 Å². The van der Waals surface area contributed by atoms with Crippen molar-refractivity contribution < 1.29 is 13.2 Å². The van der Waals surface area contributed by atoms with Crippen molar-refractivity contribution in [3.05, 3.63) is 71.0 Å². The van der Waals surface area contributed by atoms with Crippen molar-refractivity contribution >= 4 is 38.9 Å². The second-order valence-corrected chi connectivity index (χ2v) is 8.34. The van der Waals surface area contributed by atoms with E-state index in [-0.39, 0.29) is 5.91 Å². The van der Waals surface area contributed by atoms with Gasteiger partial charge in [0, 0.05) is 10.7 Å². The van der Waals surface area contributed by atoms with E-state index in [0.29, 0.717) is 28.4 Å². The highest BCUT2D eigenvalue weighted by Crippen LogP contribution is 2.21. The summed E-state index contributed by atoms with van der Waals surface area (Å²) < 4.78 is 26.8. The van der Waals surface area contributed by atoms with Gasteiger partial charge in [-0.05, 0) is 42.8 Å². The molecular weight excluding hydrogens is 400 g/mol. The summed E-state index contributed by atoms with van der Waals surface area (Å²) >= 11 is 6.06. The number of hydrogen-bond donors (Lipinski definition) is 2. The number of halogens is 1. The Bertz CT molecular complexity index is 1130. The molecule has 1 amide bonds.